The molecule has 2 aliphatic rings. The largest absolute Gasteiger partial charge is 0.378 e. The summed E-state index contributed by atoms with van der Waals surface area (Å²) < 4.78 is 25.5. The van der Waals surface area contributed by atoms with Gasteiger partial charge < -0.3 is 19.7 Å². The Balaban J connectivity index is 1.55. The van der Waals surface area contributed by atoms with E-state index in [4.69, 9.17) is 9.47 Å². The number of likely N-dealkylation sites (tertiary alicyclic amines) is 1. The van der Waals surface area contributed by atoms with E-state index in [-0.39, 0.29) is 23.4 Å². The number of hydrogen-bond donors (Lipinski definition) is 1. The summed E-state index contributed by atoms with van der Waals surface area (Å²) in [7, 11) is 0. The molecule has 2 heterocycles. The van der Waals surface area contributed by atoms with Crippen molar-refractivity contribution < 1.29 is 18.7 Å². The number of anilines is 1. The molecule has 0 saturated carbocycles. The zero-order chi connectivity index (χ0) is 17.0. The molecule has 0 bridgehead atoms. The summed E-state index contributed by atoms with van der Waals surface area (Å²) in [5.41, 5.74) is 0.0421. The quantitative estimate of drug-likeness (QED) is 0.920. The Bertz CT molecular complexity index is 571. The lowest BCUT2D eigenvalue weighted by Gasteiger charge is -2.45. The third-order valence-electron chi connectivity index (χ3n) is 4.93. The molecule has 2 aliphatic heterocycles. The number of hydrogen-bond acceptors (Lipinski definition) is 3. The Hall–Kier alpha value is -1.66. The highest BCUT2D eigenvalue weighted by Crippen LogP contribution is 2.36. The van der Waals surface area contributed by atoms with E-state index in [1.807, 2.05) is 6.92 Å². The van der Waals surface area contributed by atoms with Crippen LogP contribution in [0.1, 0.15) is 32.6 Å². The predicted octanol–water partition coefficient (Wildman–Crippen LogP) is 3.41. The number of urea groups is 1. The van der Waals surface area contributed by atoms with E-state index in [1.54, 1.807) is 23.1 Å². The Labute approximate surface area is 142 Å². The number of carbonyl (C=O) groups excluding carboxylic acids is 1. The molecule has 1 N–H and O–H groups in total. The number of para-hydroxylation sites is 1. The zero-order valence-electron chi connectivity index (χ0n) is 14.1. The Kier molecular flexibility index (Phi) is 5.36. The van der Waals surface area contributed by atoms with Crippen molar-refractivity contribution in [2.75, 3.05) is 31.6 Å². The summed E-state index contributed by atoms with van der Waals surface area (Å²) in [6, 6.07) is 5.95. The molecule has 6 heteroatoms. The van der Waals surface area contributed by atoms with E-state index >= 15 is 0 Å². The number of amides is 2. The van der Waals surface area contributed by atoms with Gasteiger partial charge in [0.25, 0.3) is 0 Å². The molecule has 0 aliphatic carbocycles. The van der Waals surface area contributed by atoms with E-state index in [0.717, 1.165) is 32.3 Å². The third-order valence-corrected chi connectivity index (χ3v) is 4.93. The van der Waals surface area contributed by atoms with Crippen molar-refractivity contribution in [3.8, 4) is 0 Å². The topological polar surface area (TPSA) is 50.8 Å². The summed E-state index contributed by atoms with van der Waals surface area (Å²) in [6.07, 6.45) is 3.67. The van der Waals surface area contributed by atoms with Crippen LogP contribution < -0.4 is 5.32 Å². The van der Waals surface area contributed by atoms with Crippen molar-refractivity contribution >= 4 is 11.7 Å². The Morgan fingerprint density at radius 1 is 1.42 bits per heavy atom. The molecule has 2 fully saturated rings. The third kappa shape index (κ3) is 3.87. The van der Waals surface area contributed by atoms with Gasteiger partial charge in [-0.3, -0.25) is 0 Å². The summed E-state index contributed by atoms with van der Waals surface area (Å²) in [4.78, 5) is 14.1. The van der Waals surface area contributed by atoms with Gasteiger partial charge in [0.05, 0.1) is 17.4 Å². The van der Waals surface area contributed by atoms with Crippen molar-refractivity contribution in [1.29, 1.82) is 0 Å². The Morgan fingerprint density at radius 3 is 2.88 bits per heavy atom. The minimum absolute atomic E-state index is 0.174. The fourth-order valence-corrected chi connectivity index (χ4v) is 3.58. The summed E-state index contributed by atoms with van der Waals surface area (Å²) >= 11 is 0. The van der Waals surface area contributed by atoms with Crippen LogP contribution in [0.25, 0.3) is 0 Å². The molecular weight excluding hydrogens is 311 g/mol. The molecule has 2 amide bonds. The van der Waals surface area contributed by atoms with Gasteiger partial charge in [0.2, 0.25) is 0 Å². The van der Waals surface area contributed by atoms with Gasteiger partial charge in [-0.1, -0.05) is 12.1 Å². The Morgan fingerprint density at radius 2 is 2.17 bits per heavy atom. The first-order valence-electron chi connectivity index (χ1n) is 8.68. The van der Waals surface area contributed by atoms with Gasteiger partial charge in [-0.15, -0.1) is 0 Å². The maximum absolute atomic E-state index is 13.7. The predicted molar refractivity (Wildman–Crippen MR) is 89.6 cm³/mol. The molecule has 0 aromatic heterocycles. The minimum Gasteiger partial charge on any atom is -0.378 e. The second-order valence-electron chi connectivity index (χ2n) is 6.50. The average Bonchev–Trinajstić information content (AvgIpc) is 2.58. The fourth-order valence-electron chi connectivity index (χ4n) is 3.58. The van der Waals surface area contributed by atoms with E-state index in [2.05, 4.69) is 5.32 Å². The normalized spacial score (nSPS) is 23.2. The molecule has 1 spiro atoms. The van der Waals surface area contributed by atoms with Crippen molar-refractivity contribution in [3.05, 3.63) is 30.1 Å². The molecule has 3 rings (SSSR count). The van der Waals surface area contributed by atoms with Crippen LogP contribution in [0.4, 0.5) is 14.9 Å². The number of benzene rings is 1. The van der Waals surface area contributed by atoms with Crippen LogP contribution in [0.15, 0.2) is 24.3 Å². The van der Waals surface area contributed by atoms with Gasteiger partial charge >= 0.3 is 6.03 Å². The second-order valence-corrected chi connectivity index (χ2v) is 6.50. The fraction of sp³-hybridized carbons (Fsp3) is 0.611. The SMILES string of the molecule is CCOC1CCOC2(CCN(C(=O)Nc3ccccc3F)CC2)C1. The van der Waals surface area contributed by atoms with Gasteiger partial charge in [0.15, 0.2) is 0 Å². The maximum atomic E-state index is 13.7. The molecule has 1 unspecified atom stereocenters. The smallest absolute Gasteiger partial charge is 0.321 e. The monoisotopic (exact) mass is 336 g/mol. The molecule has 132 valence electrons. The number of halogens is 1. The lowest BCUT2D eigenvalue weighted by atomic mass is 9.83. The molecule has 0 radical (unpaired) electrons. The van der Waals surface area contributed by atoms with Crippen LogP contribution in [0, 0.1) is 5.82 Å². The lowest BCUT2D eigenvalue weighted by Crippen LogP contribution is -2.52. The number of ether oxygens (including phenoxy) is 2. The zero-order valence-corrected chi connectivity index (χ0v) is 14.1. The van der Waals surface area contributed by atoms with Gasteiger partial charge in [-0.2, -0.15) is 0 Å². The minimum atomic E-state index is -0.422. The molecule has 24 heavy (non-hydrogen) atoms. The molecule has 2 saturated heterocycles. The molecule has 5 nitrogen and oxygen atoms in total. The van der Waals surface area contributed by atoms with Crippen molar-refractivity contribution in [2.45, 2.75) is 44.3 Å². The van der Waals surface area contributed by atoms with Crippen molar-refractivity contribution in [2.24, 2.45) is 0 Å². The van der Waals surface area contributed by atoms with E-state index in [9.17, 15) is 9.18 Å². The summed E-state index contributed by atoms with van der Waals surface area (Å²) in [6.45, 7) is 4.67. The molecule has 1 atom stereocenters. The number of rotatable bonds is 3. The summed E-state index contributed by atoms with van der Waals surface area (Å²) in [5, 5.41) is 2.65. The number of piperidine rings is 1. The second kappa shape index (κ2) is 7.49. The number of nitrogens with zero attached hydrogens (tertiary/aromatic N) is 1. The van der Waals surface area contributed by atoms with Crippen molar-refractivity contribution in [3.63, 3.8) is 0 Å². The first-order valence-corrected chi connectivity index (χ1v) is 8.68. The van der Waals surface area contributed by atoms with Crippen LogP contribution in [0.5, 0.6) is 0 Å². The van der Waals surface area contributed by atoms with Gasteiger partial charge in [0, 0.05) is 32.7 Å². The maximum Gasteiger partial charge on any atom is 0.321 e. The van der Waals surface area contributed by atoms with E-state index in [1.165, 1.54) is 6.07 Å². The van der Waals surface area contributed by atoms with Gasteiger partial charge in [0.1, 0.15) is 5.82 Å². The van der Waals surface area contributed by atoms with Crippen LogP contribution in [0.2, 0.25) is 0 Å². The van der Waals surface area contributed by atoms with Crippen LogP contribution in [0.3, 0.4) is 0 Å². The molecular formula is C18H25FN2O3. The number of carbonyl (C=O) groups is 1. The van der Waals surface area contributed by atoms with E-state index < -0.39 is 5.82 Å². The summed E-state index contributed by atoms with van der Waals surface area (Å²) in [5.74, 6) is -0.422. The van der Waals surface area contributed by atoms with Crippen molar-refractivity contribution in [1.82, 2.24) is 4.90 Å². The van der Waals surface area contributed by atoms with E-state index in [0.29, 0.717) is 19.7 Å². The highest BCUT2D eigenvalue weighted by atomic mass is 19.1. The molecule has 1 aromatic carbocycles. The average molecular weight is 336 g/mol. The number of nitrogens with one attached hydrogen (secondary N) is 1. The standard InChI is InChI=1S/C18H25FN2O3/c1-2-23-14-7-12-24-18(13-14)8-10-21(11-9-18)17(22)20-16-6-4-3-5-15(16)19/h3-6,14H,2,7-13H2,1H3,(H,20,22). The highest BCUT2D eigenvalue weighted by molar-refractivity contribution is 5.89. The van der Waals surface area contributed by atoms with Crippen LogP contribution in [-0.4, -0.2) is 48.9 Å². The van der Waals surface area contributed by atoms with Crippen LogP contribution in [-0.2, 0) is 9.47 Å². The first-order chi connectivity index (χ1) is 11.6. The molecule has 1 aromatic rings. The first kappa shape index (κ1) is 17.2. The van der Waals surface area contributed by atoms with Gasteiger partial charge in [-0.05, 0) is 38.3 Å². The highest BCUT2D eigenvalue weighted by Gasteiger charge is 2.41. The van der Waals surface area contributed by atoms with Gasteiger partial charge in [-0.25, -0.2) is 9.18 Å². The van der Waals surface area contributed by atoms with Crippen LogP contribution >= 0.6 is 0 Å². The lowest BCUT2D eigenvalue weighted by molar-refractivity contribution is -0.150.